The van der Waals surface area contributed by atoms with Crippen LogP contribution < -0.4 is 0 Å². The first-order valence-electron chi connectivity index (χ1n) is 7.61. The predicted octanol–water partition coefficient (Wildman–Crippen LogP) is 4.31. The number of benzene rings is 1. The maximum Gasteiger partial charge on any atom is 0.185 e. The molecule has 1 heterocycles. The van der Waals surface area contributed by atoms with E-state index >= 15 is 0 Å². The number of unbranched alkanes of at least 4 members (excludes halogenated alkanes) is 1. The summed E-state index contributed by atoms with van der Waals surface area (Å²) in [5.74, 6) is 0.592. The summed E-state index contributed by atoms with van der Waals surface area (Å²) in [5.41, 5.74) is 2.42. The zero-order valence-electron chi connectivity index (χ0n) is 13.6. The van der Waals surface area contributed by atoms with Gasteiger partial charge < -0.3 is 4.52 Å². The molecule has 5 heteroatoms. The first-order chi connectivity index (χ1) is 10.4. The zero-order valence-corrected chi connectivity index (χ0v) is 14.4. The molecular formula is C17H23NO3S. The van der Waals surface area contributed by atoms with E-state index < -0.39 is 15.1 Å². The summed E-state index contributed by atoms with van der Waals surface area (Å²) in [6.07, 6.45) is 2.37. The number of hydrogen-bond acceptors (Lipinski definition) is 4. The molecule has 120 valence electrons. The lowest BCUT2D eigenvalue weighted by atomic mass is 10.1. The monoisotopic (exact) mass is 321 g/mol. The average Bonchev–Trinajstić information content (AvgIpc) is 2.80. The molecule has 0 spiro atoms. The summed E-state index contributed by atoms with van der Waals surface area (Å²) >= 11 is 0. The molecule has 0 aliphatic rings. The Balaban J connectivity index is 2.51. The van der Waals surface area contributed by atoms with Gasteiger partial charge in [-0.2, -0.15) is 0 Å². The van der Waals surface area contributed by atoms with E-state index in [0.29, 0.717) is 28.3 Å². The highest BCUT2D eigenvalue weighted by molar-refractivity contribution is 7.91. The maximum atomic E-state index is 13.1. The van der Waals surface area contributed by atoms with Crippen molar-refractivity contribution >= 4 is 9.84 Å². The second kappa shape index (κ2) is 6.65. The van der Waals surface area contributed by atoms with E-state index in [1.54, 1.807) is 26.0 Å². The first-order valence-corrected chi connectivity index (χ1v) is 9.16. The molecule has 2 rings (SSSR count). The van der Waals surface area contributed by atoms with Crippen molar-refractivity contribution in [2.75, 3.05) is 0 Å². The van der Waals surface area contributed by atoms with E-state index in [2.05, 4.69) is 12.1 Å². The number of rotatable bonds is 6. The Morgan fingerprint density at radius 3 is 2.27 bits per heavy atom. The highest BCUT2D eigenvalue weighted by Crippen LogP contribution is 2.36. The zero-order chi connectivity index (χ0) is 16.3. The molecule has 1 aromatic heterocycles. The number of nitrogens with zero attached hydrogens (tertiary/aromatic N) is 1. The molecule has 0 N–H and O–H groups in total. The van der Waals surface area contributed by atoms with Crippen molar-refractivity contribution in [3.8, 4) is 0 Å². The van der Waals surface area contributed by atoms with Gasteiger partial charge in [-0.1, -0.05) is 42.6 Å². The van der Waals surface area contributed by atoms with Crippen molar-refractivity contribution in [1.82, 2.24) is 5.16 Å². The molecule has 0 aliphatic carbocycles. The Kier molecular flexibility index (Phi) is 5.06. The Labute approximate surface area is 132 Å². The molecule has 0 radical (unpaired) electrons. The lowest BCUT2D eigenvalue weighted by molar-refractivity contribution is 0.391. The molecule has 1 aromatic carbocycles. The number of hydrogen-bond donors (Lipinski definition) is 0. The smallest absolute Gasteiger partial charge is 0.185 e. The highest BCUT2D eigenvalue weighted by atomic mass is 32.2. The van der Waals surface area contributed by atoms with Crippen LogP contribution in [0.25, 0.3) is 0 Å². The van der Waals surface area contributed by atoms with Gasteiger partial charge in [-0.3, -0.25) is 0 Å². The Morgan fingerprint density at radius 1 is 1.14 bits per heavy atom. The summed E-state index contributed by atoms with van der Waals surface area (Å²) in [7, 11) is -3.46. The van der Waals surface area contributed by atoms with Crippen molar-refractivity contribution in [2.24, 2.45) is 0 Å². The lowest BCUT2D eigenvalue weighted by Crippen LogP contribution is -2.15. The van der Waals surface area contributed by atoms with Gasteiger partial charge in [0.2, 0.25) is 0 Å². The van der Waals surface area contributed by atoms with E-state index in [1.807, 2.05) is 19.1 Å². The third-order valence-corrected chi connectivity index (χ3v) is 6.10. The van der Waals surface area contributed by atoms with Crippen LogP contribution in [0, 0.1) is 20.8 Å². The maximum absolute atomic E-state index is 13.1. The third kappa shape index (κ3) is 3.24. The third-order valence-electron chi connectivity index (χ3n) is 3.95. The van der Waals surface area contributed by atoms with Crippen LogP contribution in [0.3, 0.4) is 0 Å². The van der Waals surface area contributed by atoms with Crippen LogP contribution in [-0.4, -0.2) is 13.6 Å². The molecule has 2 aromatic rings. The fourth-order valence-electron chi connectivity index (χ4n) is 2.69. The van der Waals surface area contributed by atoms with Crippen LogP contribution in [0.4, 0.5) is 0 Å². The standard InChI is InChI=1S/C17H23NO3S/c1-5-6-7-16(17-13(3)18-21-14(17)4)22(19,20)15-10-8-12(2)9-11-15/h8-11,16H,5-7H2,1-4H3. The molecule has 22 heavy (non-hydrogen) atoms. The van der Waals surface area contributed by atoms with Gasteiger partial charge in [0.25, 0.3) is 0 Å². The van der Waals surface area contributed by atoms with Crippen LogP contribution in [0.15, 0.2) is 33.7 Å². The van der Waals surface area contributed by atoms with Gasteiger partial charge in [0.1, 0.15) is 5.76 Å². The van der Waals surface area contributed by atoms with Crippen molar-refractivity contribution in [3.05, 3.63) is 46.8 Å². The van der Waals surface area contributed by atoms with Gasteiger partial charge >= 0.3 is 0 Å². The lowest BCUT2D eigenvalue weighted by Gasteiger charge is -2.18. The van der Waals surface area contributed by atoms with E-state index in [-0.39, 0.29) is 0 Å². The van der Waals surface area contributed by atoms with E-state index in [0.717, 1.165) is 18.4 Å². The van der Waals surface area contributed by atoms with Crippen molar-refractivity contribution in [2.45, 2.75) is 57.1 Å². The Morgan fingerprint density at radius 2 is 1.77 bits per heavy atom. The van der Waals surface area contributed by atoms with E-state index in [1.165, 1.54) is 0 Å². The minimum Gasteiger partial charge on any atom is -0.361 e. The number of sulfone groups is 1. The van der Waals surface area contributed by atoms with Crippen molar-refractivity contribution in [3.63, 3.8) is 0 Å². The molecule has 0 amide bonds. The number of aryl methyl sites for hydroxylation is 3. The molecule has 1 unspecified atom stereocenters. The van der Waals surface area contributed by atoms with Gasteiger partial charge in [0.15, 0.2) is 9.84 Å². The van der Waals surface area contributed by atoms with Gasteiger partial charge in [0, 0.05) is 5.56 Å². The normalized spacial score (nSPS) is 13.3. The SMILES string of the molecule is CCCCC(c1c(C)noc1C)S(=O)(=O)c1ccc(C)cc1. The molecule has 0 bridgehead atoms. The topological polar surface area (TPSA) is 60.2 Å². The van der Waals surface area contributed by atoms with Gasteiger partial charge in [-0.25, -0.2) is 8.42 Å². The van der Waals surface area contributed by atoms with E-state index in [4.69, 9.17) is 4.52 Å². The average molecular weight is 321 g/mol. The first kappa shape index (κ1) is 16.7. The van der Waals surface area contributed by atoms with Crippen LogP contribution in [0.1, 0.15) is 54.0 Å². The van der Waals surface area contributed by atoms with Crippen LogP contribution in [-0.2, 0) is 9.84 Å². The van der Waals surface area contributed by atoms with Crippen LogP contribution >= 0.6 is 0 Å². The quantitative estimate of drug-likeness (QED) is 0.795. The predicted molar refractivity (Wildman–Crippen MR) is 86.6 cm³/mol. The second-order valence-electron chi connectivity index (χ2n) is 5.73. The second-order valence-corrected chi connectivity index (χ2v) is 7.86. The fourth-order valence-corrected chi connectivity index (χ4v) is 4.65. The highest BCUT2D eigenvalue weighted by Gasteiger charge is 2.33. The molecule has 0 fully saturated rings. The molecule has 4 nitrogen and oxygen atoms in total. The van der Waals surface area contributed by atoms with Crippen LogP contribution in [0.2, 0.25) is 0 Å². The van der Waals surface area contributed by atoms with E-state index in [9.17, 15) is 8.42 Å². The molecule has 0 aliphatic heterocycles. The molecular weight excluding hydrogens is 298 g/mol. The van der Waals surface area contributed by atoms with Crippen molar-refractivity contribution < 1.29 is 12.9 Å². The van der Waals surface area contributed by atoms with Gasteiger partial charge in [-0.15, -0.1) is 0 Å². The van der Waals surface area contributed by atoms with Crippen LogP contribution in [0.5, 0.6) is 0 Å². The molecule has 0 saturated heterocycles. The summed E-state index contributed by atoms with van der Waals surface area (Å²) in [6.45, 7) is 7.58. The fraction of sp³-hybridized carbons (Fsp3) is 0.471. The van der Waals surface area contributed by atoms with Gasteiger partial charge in [0.05, 0.1) is 15.8 Å². The summed E-state index contributed by atoms with van der Waals surface area (Å²) < 4.78 is 31.4. The summed E-state index contributed by atoms with van der Waals surface area (Å²) in [4.78, 5) is 0.360. The minimum absolute atomic E-state index is 0.360. The number of aromatic nitrogens is 1. The Bertz CT molecular complexity index is 710. The minimum atomic E-state index is -3.46. The molecule has 0 saturated carbocycles. The molecule has 1 atom stereocenters. The Hall–Kier alpha value is -1.62. The van der Waals surface area contributed by atoms with Gasteiger partial charge in [-0.05, 0) is 39.3 Å². The summed E-state index contributed by atoms with van der Waals surface area (Å²) in [6, 6.07) is 7.03. The largest absolute Gasteiger partial charge is 0.361 e. The van der Waals surface area contributed by atoms with Crippen molar-refractivity contribution in [1.29, 1.82) is 0 Å². The summed E-state index contributed by atoms with van der Waals surface area (Å²) in [5, 5.41) is 3.33.